The molecule has 0 radical (unpaired) electrons. The zero-order valence-corrected chi connectivity index (χ0v) is 16.3. The summed E-state index contributed by atoms with van der Waals surface area (Å²) >= 11 is 7.23. The van der Waals surface area contributed by atoms with Crippen LogP contribution in [0, 0.1) is 11.3 Å². The molecule has 0 unspecified atom stereocenters. The number of halogens is 1. The zero-order chi connectivity index (χ0) is 19.7. The second-order valence-corrected chi connectivity index (χ2v) is 7.81. The van der Waals surface area contributed by atoms with Gasteiger partial charge in [-0.3, -0.25) is 14.2 Å². The Labute approximate surface area is 170 Å². The Hall–Kier alpha value is -2.82. The smallest absolute Gasteiger partial charge is 0.262 e. The average Bonchev–Trinajstić information content (AvgIpc) is 3.51. The van der Waals surface area contributed by atoms with Crippen LogP contribution in [-0.4, -0.2) is 21.2 Å². The molecule has 0 spiro atoms. The van der Waals surface area contributed by atoms with Crippen molar-refractivity contribution in [2.24, 2.45) is 0 Å². The topological polar surface area (TPSA) is 87.8 Å². The normalized spacial score (nSPS) is 13.3. The number of thioether (sulfide) groups is 1. The Morgan fingerprint density at radius 3 is 2.82 bits per heavy atom. The molecule has 8 heteroatoms. The number of hydrogen-bond donors (Lipinski definition) is 1. The molecule has 1 saturated carbocycles. The summed E-state index contributed by atoms with van der Waals surface area (Å²) in [6, 6.07) is 14.1. The van der Waals surface area contributed by atoms with Gasteiger partial charge in [0, 0.05) is 11.7 Å². The Bertz CT molecular complexity index is 1180. The monoisotopic (exact) mass is 410 g/mol. The fraction of sp³-hybridized carbons (Fsp3) is 0.200. The van der Waals surface area contributed by atoms with Crippen LogP contribution in [0.25, 0.3) is 10.9 Å². The lowest BCUT2D eigenvalue weighted by atomic mass is 10.2. The molecule has 1 aliphatic rings. The number of nitrogens with one attached hydrogen (secondary N) is 1. The van der Waals surface area contributed by atoms with Crippen LogP contribution in [0.5, 0.6) is 0 Å². The number of hydrogen-bond acceptors (Lipinski definition) is 5. The highest BCUT2D eigenvalue weighted by molar-refractivity contribution is 7.99. The van der Waals surface area contributed by atoms with E-state index in [1.807, 2.05) is 18.2 Å². The van der Waals surface area contributed by atoms with E-state index in [0.717, 1.165) is 12.8 Å². The van der Waals surface area contributed by atoms with Crippen molar-refractivity contribution in [2.75, 3.05) is 11.1 Å². The number of carbonyl (C=O) groups is 1. The number of aromatic nitrogens is 2. The first-order valence-corrected chi connectivity index (χ1v) is 10.1. The van der Waals surface area contributed by atoms with Gasteiger partial charge >= 0.3 is 0 Å². The first-order chi connectivity index (χ1) is 13.6. The van der Waals surface area contributed by atoms with Gasteiger partial charge in [-0.05, 0) is 43.2 Å². The van der Waals surface area contributed by atoms with Crippen molar-refractivity contribution >= 4 is 45.9 Å². The van der Waals surface area contributed by atoms with Gasteiger partial charge in [-0.1, -0.05) is 35.5 Å². The summed E-state index contributed by atoms with van der Waals surface area (Å²) in [5.41, 5.74) is 1.43. The lowest BCUT2D eigenvalue weighted by Gasteiger charge is -2.12. The van der Waals surface area contributed by atoms with Crippen molar-refractivity contribution in [3.8, 4) is 6.07 Å². The van der Waals surface area contributed by atoms with E-state index in [-0.39, 0.29) is 28.3 Å². The number of fused-ring (bicyclic) bond motifs is 1. The maximum atomic E-state index is 12.8. The number of nitrogens with zero attached hydrogens (tertiary/aromatic N) is 3. The average molecular weight is 411 g/mol. The summed E-state index contributed by atoms with van der Waals surface area (Å²) in [5, 5.41) is 13.1. The molecule has 1 fully saturated rings. The molecule has 140 valence electrons. The molecule has 0 bridgehead atoms. The van der Waals surface area contributed by atoms with E-state index < -0.39 is 0 Å². The molecule has 4 rings (SSSR count). The lowest BCUT2D eigenvalue weighted by molar-refractivity contribution is -0.113. The summed E-state index contributed by atoms with van der Waals surface area (Å²) in [5.74, 6) is -0.134. The second-order valence-electron chi connectivity index (χ2n) is 6.46. The van der Waals surface area contributed by atoms with Gasteiger partial charge in [0.15, 0.2) is 5.16 Å². The van der Waals surface area contributed by atoms with Crippen molar-refractivity contribution in [3.63, 3.8) is 0 Å². The molecule has 1 N–H and O–H groups in total. The molecule has 1 aromatic heterocycles. The van der Waals surface area contributed by atoms with Crippen LogP contribution >= 0.6 is 23.4 Å². The molecule has 1 amide bonds. The van der Waals surface area contributed by atoms with Crippen LogP contribution in [0.3, 0.4) is 0 Å². The predicted octanol–water partition coefficient (Wildman–Crippen LogP) is 3.99. The van der Waals surface area contributed by atoms with Crippen LogP contribution in [-0.2, 0) is 4.79 Å². The minimum atomic E-state index is -0.240. The highest BCUT2D eigenvalue weighted by atomic mass is 35.5. The van der Waals surface area contributed by atoms with Crippen molar-refractivity contribution in [1.82, 2.24) is 9.55 Å². The number of rotatable bonds is 5. The van der Waals surface area contributed by atoms with Crippen LogP contribution in [0.15, 0.2) is 52.4 Å². The van der Waals surface area contributed by atoms with E-state index in [1.54, 1.807) is 28.8 Å². The zero-order valence-electron chi connectivity index (χ0n) is 14.7. The Morgan fingerprint density at radius 1 is 1.32 bits per heavy atom. The number of benzene rings is 2. The Kier molecular flexibility index (Phi) is 5.07. The number of carbonyl (C=O) groups excluding carboxylic acids is 1. The maximum Gasteiger partial charge on any atom is 0.262 e. The lowest BCUT2D eigenvalue weighted by Crippen LogP contribution is -2.23. The minimum absolute atomic E-state index is 0.0603. The SMILES string of the molecule is N#Cc1ccc(NC(=O)CSc2nc3ccccc3c(=O)n2C2CC2)cc1Cl. The van der Waals surface area contributed by atoms with Crippen LogP contribution in [0.4, 0.5) is 5.69 Å². The van der Waals surface area contributed by atoms with Crippen LogP contribution < -0.4 is 10.9 Å². The Balaban J connectivity index is 1.53. The van der Waals surface area contributed by atoms with Gasteiger partial charge in [0.25, 0.3) is 5.56 Å². The highest BCUT2D eigenvalue weighted by Crippen LogP contribution is 2.36. The van der Waals surface area contributed by atoms with Gasteiger partial charge in [-0.15, -0.1) is 0 Å². The summed E-state index contributed by atoms with van der Waals surface area (Å²) in [7, 11) is 0. The van der Waals surface area contributed by atoms with E-state index in [0.29, 0.717) is 27.3 Å². The van der Waals surface area contributed by atoms with Gasteiger partial charge in [-0.2, -0.15) is 5.26 Å². The third-order valence-electron chi connectivity index (χ3n) is 4.39. The minimum Gasteiger partial charge on any atom is -0.325 e. The molecule has 28 heavy (non-hydrogen) atoms. The van der Waals surface area contributed by atoms with E-state index in [4.69, 9.17) is 16.9 Å². The maximum absolute atomic E-state index is 12.8. The molecule has 2 aromatic carbocycles. The van der Waals surface area contributed by atoms with E-state index >= 15 is 0 Å². The van der Waals surface area contributed by atoms with Gasteiger partial charge < -0.3 is 5.32 Å². The molecule has 1 heterocycles. The summed E-state index contributed by atoms with van der Waals surface area (Å²) in [4.78, 5) is 29.8. The first-order valence-electron chi connectivity index (χ1n) is 8.70. The summed E-state index contributed by atoms with van der Waals surface area (Å²) in [6.07, 6.45) is 1.90. The standard InChI is InChI=1S/C20H15ClN4O2S/c21-16-9-13(6-5-12(16)10-22)23-18(26)11-28-20-24-17-4-2-1-3-15(17)19(27)25(20)14-7-8-14/h1-6,9,14H,7-8,11H2,(H,23,26). The fourth-order valence-electron chi connectivity index (χ4n) is 2.89. The third-order valence-corrected chi connectivity index (χ3v) is 5.66. The number of nitriles is 1. The quantitative estimate of drug-likeness (QED) is 0.507. The van der Waals surface area contributed by atoms with Crippen molar-refractivity contribution in [1.29, 1.82) is 5.26 Å². The number of amides is 1. The first kappa shape index (κ1) is 18.5. The molecule has 0 saturated heterocycles. The summed E-state index contributed by atoms with van der Waals surface area (Å²) < 4.78 is 1.71. The predicted molar refractivity (Wildman–Crippen MR) is 110 cm³/mol. The third kappa shape index (κ3) is 3.75. The second kappa shape index (κ2) is 7.66. The van der Waals surface area contributed by atoms with Gasteiger partial charge in [-0.25, -0.2) is 4.98 Å². The molecule has 1 aliphatic carbocycles. The fourth-order valence-corrected chi connectivity index (χ4v) is 3.98. The van der Waals surface area contributed by atoms with E-state index in [9.17, 15) is 9.59 Å². The Morgan fingerprint density at radius 2 is 2.11 bits per heavy atom. The van der Waals surface area contributed by atoms with E-state index in [1.165, 1.54) is 17.8 Å². The molecular formula is C20H15ClN4O2S. The molecule has 0 aliphatic heterocycles. The molecule has 6 nitrogen and oxygen atoms in total. The van der Waals surface area contributed by atoms with Crippen LogP contribution in [0.2, 0.25) is 5.02 Å². The van der Waals surface area contributed by atoms with Gasteiger partial charge in [0.05, 0.1) is 27.2 Å². The molecule has 3 aromatic rings. The van der Waals surface area contributed by atoms with Gasteiger partial charge in [0.2, 0.25) is 5.91 Å². The number of para-hydroxylation sites is 1. The summed E-state index contributed by atoms with van der Waals surface area (Å²) in [6.45, 7) is 0. The number of anilines is 1. The van der Waals surface area contributed by atoms with E-state index in [2.05, 4.69) is 10.3 Å². The van der Waals surface area contributed by atoms with Crippen molar-refractivity contribution in [2.45, 2.75) is 24.0 Å². The van der Waals surface area contributed by atoms with Gasteiger partial charge in [0.1, 0.15) is 6.07 Å². The molecular weight excluding hydrogens is 396 g/mol. The molecule has 0 atom stereocenters. The highest BCUT2D eigenvalue weighted by Gasteiger charge is 2.28. The van der Waals surface area contributed by atoms with Crippen LogP contribution in [0.1, 0.15) is 24.4 Å². The van der Waals surface area contributed by atoms with Crippen molar-refractivity contribution in [3.05, 3.63) is 63.4 Å². The van der Waals surface area contributed by atoms with Crippen molar-refractivity contribution < 1.29 is 4.79 Å². The largest absolute Gasteiger partial charge is 0.325 e.